The lowest BCUT2D eigenvalue weighted by Gasteiger charge is -2.21. The molecule has 0 aliphatic heterocycles. The molecule has 0 radical (unpaired) electrons. The van der Waals surface area contributed by atoms with Crippen LogP contribution >= 0.6 is 0 Å². The summed E-state index contributed by atoms with van der Waals surface area (Å²) in [6.45, 7) is 7.24. The summed E-state index contributed by atoms with van der Waals surface area (Å²) in [4.78, 5) is 13.6. The molecule has 2 unspecified atom stereocenters. The summed E-state index contributed by atoms with van der Waals surface area (Å²) in [6.07, 6.45) is 2.01. The summed E-state index contributed by atoms with van der Waals surface area (Å²) in [7, 11) is 0. The number of rotatable bonds is 8. The first-order chi connectivity index (χ1) is 8.06. The van der Waals surface area contributed by atoms with E-state index in [1.165, 1.54) is 0 Å². The second-order valence-electron chi connectivity index (χ2n) is 4.93. The van der Waals surface area contributed by atoms with Crippen molar-refractivity contribution in [3.8, 4) is 0 Å². The topological polar surface area (TPSA) is 29.5 Å². The lowest BCUT2D eigenvalue weighted by atomic mass is 10.2. The predicted octanol–water partition coefficient (Wildman–Crippen LogP) is 2.54. The Morgan fingerprint density at radius 2 is 2.18 bits per heavy atom. The van der Waals surface area contributed by atoms with Crippen molar-refractivity contribution in [1.82, 2.24) is 4.90 Å². The van der Waals surface area contributed by atoms with Gasteiger partial charge in [0.05, 0.1) is 12.1 Å². The van der Waals surface area contributed by atoms with E-state index in [0.717, 1.165) is 12.8 Å². The minimum Gasteiger partial charge on any atom is -0.379 e. The molecule has 1 aliphatic rings. The number of carbonyl (C=O) groups is 1. The van der Waals surface area contributed by atoms with Gasteiger partial charge in [0, 0.05) is 26.0 Å². The number of halogens is 1. The summed E-state index contributed by atoms with van der Waals surface area (Å²) in [5, 5.41) is 0. The Bertz CT molecular complexity index is 246. The van der Waals surface area contributed by atoms with Crippen LogP contribution in [0.1, 0.15) is 46.5 Å². The molecule has 0 aromatic heterocycles. The van der Waals surface area contributed by atoms with Crippen LogP contribution in [0.5, 0.6) is 0 Å². The zero-order valence-electron chi connectivity index (χ0n) is 11.1. The third-order valence-corrected chi connectivity index (χ3v) is 2.85. The van der Waals surface area contributed by atoms with Gasteiger partial charge in [0.25, 0.3) is 0 Å². The van der Waals surface area contributed by atoms with E-state index in [2.05, 4.69) is 0 Å². The molecule has 1 fully saturated rings. The number of hydrogen-bond donors (Lipinski definition) is 0. The molecule has 0 saturated heterocycles. The standard InChI is InChI=1S/C13H24FNO2/c1-4-7-15(12-9-11(12)14)13(16)6-5-8-17-10(2)3/h10-12H,4-9H2,1-3H3. The molecule has 3 nitrogen and oxygen atoms in total. The molecular formula is C13H24FNO2. The maximum atomic E-state index is 13.0. The van der Waals surface area contributed by atoms with Crippen LogP contribution in [0.25, 0.3) is 0 Å². The van der Waals surface area contributed by atoms with Crippen LogP contribution in [0.15, 0.2) is 0 Å². The van der Waals surface area contributed by atoms with Gasteiger partial charge in [0.1, 0.15) is 6.17 Å². The molecule has 0 N–H and O–H groups in total. The molecule has 4 heteroatoms. The molecule has 1 saturated carbocycles. The molecule has 0 aromatic rings. The Morgan fingerprint density at radius 1 is 1.53 bits per heavy atom. The predicted molar refractivity (Wildman–Crippen MR) is 65.6 cm³/mol. The molecule has 17 heavy (non-hydrogen) atoms. The summed E-state index contributed by atoms with van der Waals surface area (Å²) in [6, 6.07) is -0.145. The van der Waals surface area contributed by atoms with Crippen LogP contribution in [0, 0.1) is 0 Å². The summed E-state index contributed by atoms with van der Waals surface area (Å²) < 4.78 is 18.4. The van der Waals surface area contributed by atoms with E-state index in [9.17, 15) is 9.18 Å². The maximum Gasteiger partial charge on any atom is 0.223 e. The highest BCUT2D eigenvalue weighted by Crippen LogP contribution is 2.31. The average molecular weight is 245 g/mol. The van der Waals surface area contributed by atoms with Crippen LogP contribution < -0.4 is 0 Å². The van der Waals surface area contributed by atoms with Crippen molar-refractivity contribution in [2.24, 2.45) is 0 Å². The number of amides is 1. The molecule has 2 atom stereocenters. The Balaban J connectivity index is 2.23. The van der Waals surface area contributed by atoms with E-state index in [1.54, 1.807) is 4.90 Å². The number of nitrogens with zero attached hydrogens (tertiary/aromatic N) is 1. The molecule has 0 heterocycles. The molecule has 1 aliphatic carbocycles. The van der Waals surface area contributed by atoms with E-state index in [4.69, 9.17) is 4.74 Å². The maximum absolute atomic E-state index is 13.0. The molecule has 100 valence electrons. The fraction of sp³-hybridized carbons (Fsp3) is 0.923. The molecule has 1 amide bonds. The molecule has 1 rings (SSSR count). The second-order valence-corrected chi connectivity index (χ2v) is 4.93. The van der Waals surface area contributed by atoms with Crippen molar-refractivity contribution in [3.63, 3.8) is 0 Å². The minimum atomic E-state index is -0.794. The van der Waals surface area contributed by atoms with Crippen LogP contribution in [-0.2, 0) is 9.53 Å². The van der Waals surface area contributed by atoms with E-state index < -0.39 is 6.17 Å². The molecule has 0 aromatic carbocycles. The Labute approximate surface area is 103 Å². The third-order valence-electron chi connectivity index (χ3n) is 2.85. The van der Waals surface area contributed by atoms with Crippen molar-refractivity contribution in [2.75, 3.05) is 13.2 Å². The quantitative estimate of drug-likeness (QED) is 0.615. The van der Waals surface area contributed by atoms with Crippen molar-refractivity contribution < 1.29 is 13.9 Å². The summed E-state index contributed by atoms with van der Waals surface area (Å²) in [5.74, 6) is 0.0735. The fourth-order valence-electron chi connectivity index (χ4n) is 1.88. The van der Waals surface area contributed by atoms with Crippen LogP contribution in [0.3, 0.4) is 0 Å². The summed E-state index contributed by atoms with van der Waals surface area (Å²) in [5.41, 5.74) is 0. The highest BCUT2D eigenvalue weighted by atomic mass is 19.1. The average Bonchev–Trinajstić information content (AvgIpc) is 2.97. The van der Waals surface area contributed by atoms with Gasteiger partial charge in [0.15, 0.2) is 0 Å². The number of alkyl halides is 1. The van der Waals surface area contributed by atoms with Gasteiger partial charge in [-0.2, -0.15) is 0 Å². The van der Waals surface area contributed by atoms with Gasteiger partial charge in [-0.25, -0.2) is 4.39 Å². The van der Waals surface area contributed by atoms with Gasteiger partial charge in [-0.05, 0) is 26.7 Å². The van der Waals surface area contributed by atoms with E-state index >= 15 is 0 Å². The SMILES string of the molecule is CCCN(C(=O)CCCOC(C)C)C1CC1F. The lowest BCUT2D eigenvalue weighted by Crippen LogP contribution is -2.35. The third kappa shape index (κ3) is 5.02. The van der Waals surface area contributed by atoms with E-state index in [-0.39, 0.29) is 18.1 Å². The Hall–Kier alpha value is -0.640. The first kappa shape index (κ1) is 14.4. The van der Waals surface area contributed by atoms with Crippen molar-refractivity contribution in [2.45, 2.75) is 64.8 Å². The van der Waals surface area contributed by atoms with Gasteiger partial charge >= 0.3 is 0 Å². The van der Waals surface area contributed by atoms with Crippen LogP contribution in [0.2, 0.25) is 0 Å². The minimum absolute atomic E-state index is 0.0735. The Morgan fingerprint density at radius 3 is 2.65 bits per heavy atom. The zero-order chi connectivity index (χ0) is 12.8. The lowest BCUT2D eigenvalue weighted by molar-refractivity contribution is -0.132. The van der Waals surface area contributed by atoms with Gasteiger partial charge in [-0.15, -0.1) is 0 Å². The smallest absolute Gasteiger partial charge is 0.223 e. The van der Waals surface area contributed by atoms with Crippen molar-refractivity contribution in [3.05, 3.63) is 0 Å². The largest absolute Gasteiger partial charge is 0.379 e. The van der Waals surface area contributed by atoms with Crippen molar-refractivity contribution >= 4 is 5.91 Å². The molecule has 0 bridgehead atoms. The van der Waals surface area contributed by atoms with Gasteiger partial charge in [-0.1, -0.05) is 6.92 Å². The van der Waals surface area contributed by atoms with E-state index in [1.807, 2.05) is 20.8 Å². The van der Waals surface area contributed by atoms with Crippen LogP contribution in [-0.4, -0.2) is 42.3 Å². The van der Waals surface area contributed by atoms with Crippen LogP contribution in [0.4, 0.5) is 4.39 Å². The first-order valence-electron chi connectivity index (χ1n) is 6.61. The zero-order valence-corrected chi connectivity index (χ0v) is 11.1. The molecule has 0 spiro atoms. The van der Waals surface area contributed by atoms with Gasteiger partial charge < -0.3 is 9.64 Å². The second kappa shape index (κ2) is 6.94. The van der Waals surface area contributed by atoms with Crippen molar-refractivity contribution in [1.29, 1.82) is 0 Å². The van der Waals surface area contributed by atoms with Gasteiger partial charge in [-0.3, -0.25) is 4.79 Å². The first-order valence-corrected chi connectivity index (χ1v) is 6.61. The highest BCUT2D eigenvalue weighted by molar-refractivity contribution is 5.77. The number of carbonyl (C=O) groups excluding carboxylic acids is 1. The monoisotopic (exact) mass is 245 g/mol. The highest BCUT2D eigenvalue weighted by Gasteiger charge is 2.43. The Kier molecular flexibility index (Phi) is 5.89. The molecular weight excluding hydrogens is 221 g/mol. The summed E-state index contributed by atoms with van der Waals surface area (Å²) >= 11 is 0. The fourth-order valence-corrected chi connectivity index (χ4v) is 1.88. The van der Waals surface area contributed by atoms with Gasteiger partial charge in [0.2, 0.25) is 5.91 Å². The number of hydrogen-bond acceptors (Lipinski definition) is 2. The normalized spacial score (nSPS) is 22.9. The number of ether oxygens (including phenoxy) is 1. The van der Waals surface area contributed by atoms with E-state index in [0.29, 0.717) is 26.0 Å².